The van der Waals surface area contributed by atoms with Crippen LogP contribution < -0.4 is 10.9 Å². The van der Waals surface area contributed by atoms with Crippen LogP contribution in [0.15, 0.2) is 55.1 Å². The summed E-state index contributed by atoms with van der Waals surface area (Å²) in [6.45, 7) is 3.67. The number of benzene rings is 2. The number of halogens is 3. The van der Waals surface area contributed by atoms with Gasteiger partial charge in [0.25, 0.3) is 0 Å². The Morgan fingerprint density at radius 3 is 1.74 bits per heavy atom. The largest absolute Gasteiger partial charge is 0.416 e. The minimum atomic E-state index is -4.27. The average molecular weight is 260 g/mol. The number of alkyl halides is 3. The van der Waals surface area contributed by atoms with Crippen LogP contribution in [0.3, 0.4) is 0 Å². The third-order valence-corrected chi connectivity index (χ3v) is 2.90. The molecule has 0 aliphatic rings. The van der Waals surface area contributed by atoms with Gasteiger partial charge in [0.15, 0.2) is 7.28 Å². The first-order valence-corrected chi connectivity index (χ1v) is 5.86. The monoisotopic (exact) mass is 260 g/mol. The van der Waals surface area contributed by atoms with Crippen molar-refractivity contribution in [3.63, 3.8) is 0 Å². The van der Waals surface area contributed by atoms with Gasteiger partial charge in [-0.2, -0.15) is 13.2 Å². The molecule has 0 fully saturated rings. The molecule has 2 aromatic carbocycles. The molecule has 2 rings (SSSR count). The van der Waals surface area contributed by atoms with Crippen LogP contribution in [0.5, 0.6) is 0 Å². The molecule has 0 aliphatic carbocycles. The molecule has 2 aromatic rings. The van der Waals surface area contributed by atoms with Gasteiger partial charge in [-0.25, -0.2) is 0 Å². The van der Waals surface area contributed by atoms with Gasteiger partial charge in [-0.15, -0.1) is 0 Å². The zero-order valence-electron chi connectivity index (χ0n) is 10.2. The lowest BCUT2D eigenvalue weighted by Crippen LogP contribution is -2.27. The molecule has 0 heterocycles. The van der Waals surface area contributed by atoms with Gasteiger partial charge in [0.1, 0.15) is 0 Å². The first-order chi connectivity index (χ1) is 8.99. The van der Waals surface area contributed by atoms with Gasteiger partial charge in [0.2, 0.25) is 0 Å². The lowest BCUT2D eigenvalue weighted by molar-refractivity contribution is -0.137. The predicted molar refractivity (Wildman–Crippen MR) is 74.4 cm³/mol. The fourth-order valence-electron chi connectivity index (χ4n) is 1.82. The first-order valence-electron chi connectivity index (χ1n) is 5.86. The molecule has 0 amide bonds. The van der Waals surface area contributed by atoms with E-state index in [0.29, 0.717) is 7.28 Å². The molecule has 0 aromatic heterocycles. The Labute approximate surface area is 110 Å². The summed E-state index contributed by atoms with van der Waals surface area (Å²) in [5, 5.41) is 0. The van der Waals surface area contributed by atoms with E-state index in [0.717, 1.165) is 28.6 Å². The van der Waals surface area contributed by atoms with Crippen LogP contribution in [-0.4, -0.2) is 7.28 Å². The van der Waals surface area contributed by atoms with Crippen molar-refractivity contribution in [3.05, 3.63) is 66.2 Å². The number of rotatable bonds is 3. The van der Waals surface area contributed by atoms with E-state index < -0.39 is 11.7 Å². The van der Waals surface area contributed by atoms with Crippen LogP contribution in [0.25, 0.3) is 6.08 Å². The van der Waals surface area contributed by atoms with Crippen LogP contribution in [0.4, 0.5) is 13.2 Å². The van der Waals surface area contributed by atoms with Crippen LogP contribution in [0.2, 0.25) is 0 Å². The SMILES string of the molecule is C=Cc1ccc(Bc2ccc(C(F)(F)F)cc2)cc1. The second kappa shape index (κ2) is 5.35. The highest BCUT2D eigenvalue weighted by atomic mass is 19.4. The molecule has 0 N–H and O–H groups in total. The Kier molecular flexibility index (Phi) is 3.79. The zero-order chi connectivity index (χ0) is 13.9. The number of hydrogen-bond donors (Lipinski definition) is 0. The van der Waals surface area contributed by atoms with Gasteiger partial charge in [0.05, 0.1) is 5.56 Å². The molecule has 19 heavy (non-hydrogen) atoms. The van der Waals surface area contributed by atoms with Crippen molar-refractivity contribution in [1.82, 2.24) is 0 Å². The summed E-state index contributed by atoms with van der Waals surface area (Å²) >= 11 is 0. The standard InChI is InChI=1S/C15H12BF3/c1-2-11-3-7-13(8-4-11)16-14-9-5-12(6-10-14)15(17,18)19/h2-10,16H,1H2. The summed E-state index contributed by atoms with van der Waals surface area (Å²) in [5.74, 6) is 0. The van der Waals surface area contributed by atoms with Crippen molar-refractivity contribution in [3.8, 4) is 0 Å². The van der Waals surface area contributed by atoms with Crippen LogP contribution in [0, 0.1) is 0 Å². The summed E-state index contributed by atoms with van der Waals surface area (Å²) in [5.41, 5.74) is 2.33. The highest BCUT2D eigenvalue weighted by molar-refractivity contribution is 6.67. The zero-order valence-corrected chi connectivity index (χ0v) is 10.2. The second-order valence-corrected chi connectivity index (χ2v) is 4.32. The van der Waals surface area contributed by atoms with Crippen LogP contribution in [-0.2, 0) is 6.18 Å². The van der Waals surface area contributed by atoms with E-state index in [9.17, 15) is 13.2 Å². The lowest BCUT2D eigenvalue weighted by Gasteiger charge is -2.07. The normalized spacial score (nSPS) is 11.1. The second-order valence-electron chi connectivity index (χ2n) is 4.32. The Balaban J connectivity index is 2.12. The highest BCUT2D eigenvalue weighted by Gasteiger charge is 2.29. The predicted octanol–water partition coefficient (Wildman–Crippen LogP) is 2.74. The van der Waals surface area contributed by atoms with Crippen molar-refractivity contribution in [1.29, 1.82) is 0 Å². The summed E-state index contributed by atoms with van der Waals surface area (Å²) in [4.78, 5) is 0. The van der Waals surface area contributed by atoms with E-state index in [2.05, 4.69) is 6.58 Å². The highest BCUT2D eigenvalue weighted by Crippen LogP contribution is 2.28. The summed E-state index contributed by atoms with van der Waals surface area (Å²) in [6.07, 6.45) is -2.52. The van der Waals surface area contributed by atoms with Crippen molar-refractivity contribution in [2.24, 2.45) is 0 Å². The van der Waals surface area contributed by atoms with Crippen LogP contribution >= 0.6 is 0 Å². The summed E-state index contributed by atoms with van der Waals surface area (Å²) < 4.78 is 37.3. The molecular formula is C15H12BF3. The molecule has 0 nitrogen and oxygen atoms in total. The smallest absolute Gasteiger partial charge is 0.166 e. The van der Waals surface area contributed by atoms with Crippen molar-refractivity contribution >= 4 is 24.3 Å². The van der Waals surface area contributed by atoms with Crippen molar-refractivity contribution in [2.75, 3.05) is 0 Å². The molecule has 0 bridgehead atoms. The fourth-order valence-corrected chi connectivity index (χ4v) is 1.82. The maximum atomic E-state index is 12.4. The Morgan fingerprint density at radius 2 is 1.32 bits per heavy atom. The Bertz CT molecular complexity index is 553. The summed E-state index contributed by atoms with van der Waals surface area (Å²) in [6, 6.07) is 13.1. The maximum absolute atomic E-state index is 12.4. The van der Waals surface area contributed by atoms with E-state index in [-0.39, 0.29) is 0 Å². The van der Waals surface area contributed by atoms with Gasteiger partial charge in [-0.1, -0.05) is 72.1 Å². The minimum absolute atomic E-state index is 0.613. The van der Waals surface area contributed by atoms with Gasteiger partial charge < -0.3 is 0 Å². The molecule has 0 radical (unpaired) electrons. The quantitative estimate of drug-likeness (QED) is 0.744. The average Bonchev–Trinajstić information content (AvgIpc) is 2.39. The molecule has 0 saturated carbocycles. The lowest BCUT2D eigenvalue weighted by atomic mass is 9.64. The molecule has 0 saturated heterocycles. The molecule has 4 heteroatoms. The topological polar surface area (TPSA) is 0 Å². The van der Waals surface area contributed by atoms with Gasteiger partial charge in [0, 0.05) is 0 Å². The van der Waals surface area contributed by atoms with E-state index in [1.54, 1.807) is 6.08 Å². The molecule has 0 aliphatic heterocycles. The van der Waals surface area contributed by atoms with Crippen LogP contribution in [0.1, 0.15) is 11.1 Å². The Morgan fingerprint density at radius 1 is 0.842 bits per heavy atom. The number of hydrogen-bond acceptors (Lipinski definition) is 0. The van der Waals surface area contributed by atoms with E-state index in [4.69, 9.17) is 0 Å². The van der Waals surface area contributed by atoms with E-state index in [1.165, 1.54) is 12.1 Å². The fraction of sp³-hybridized carbons (Fsp3) is 0.0667. The third-order valence-electron chi connectivity index (χ3n) is 2.90. The summed E-state index contributed by atoms with van der Waals surface area (Å²) in [7, 11) is 0.621. The third kappa shape index (κ3) is 3.50. The maximum Gasteiger partial charge on any atom is 0.416 e. The van der Waals surface area contributed by atoms with Gasteiger partial charge in [-0.3, -0.25) is 0 Å². The molecule has 0 spiro atoms. The van der Waals surface area contributed by atoms with Gasteiger partial charge >= 0.3 is 6.18 Å². The molecule has 96 valence electrons. The van der Waals surface area contributed by atoms with E-state index >= 15 is 0 Å². The van der Waals surface area contributed by atoms with Gasteiger partial charge in [-0.05, 0) is 5.56 Å². The first kappa shape index (κ1) is 13.5. The molecule has 0 unspecified atom stereocenters. The molecule has 0 atom stereocenters. The van der Waals surface area contributed by atoms with Crippen molar-refractivity contribution in [2.45, 2.75) is 6.18 Å². The van der Waals surface area contributed by atoms with Crippen molar-refractivity contribution < 1.29 is 13.2 Å². The minimum Gasteiger partial charge on any atom is -0.166 e. The molecular weight excluding hydrogens is 248 g/mol. The Hall–Kier alpha value is -1.97. The van der Waals surface area contributed by atoms with E-state index in [1.807, 2.05) is 24.3 Å².